The highest BCUT2D eigenvalue weighted by Crippen LogP contribution is 2.38. The number of anilines is 1. The van der Waals surface area contributed by atoms with Gasteiger partial charge in [-0.15, -0.1) is 0 Å². The van der Waals surface area contributed by atoms with Crippen LogP contribution in [0.5, 0.6) is 11.5 Å². The summed E-state index contributed by atoms with van der Waals surface area (Å²) >= 11 is 0. The van der Waals surface area contributed by atoms with E-state index in [0.717, 1.165) is 27.6 Å². The Morgan fingerprint density at radius 3 is 2.74 bits per heavy atom. The molecule has 0 bridgehead atoms. The molecule has 7 nitrogen and oxygen atoms in total. The standard InChI is InChI=1S/C24H16N4O3/c1-31-22-10-14(3-7-21(22)29)13-2-5-18-19(24(30)28-20(18)9-13)8-15-12-26-23-17(15)6-4-16(11-25)27-23/h2-10,12,29H,1H3,(H,26,27)(H,28,30). The van der Waals surface area contributed by atoms with Crippen LogP contribution in [-0.2, 0) is 4.79 Å². The molecule has 0 spiro atoms. The SMILES string of the molecule is COc1cc(-c2ccc3c(c2)NC(=O)C3=Cc2c[nH]c3nc(C#N)ccc23)ccc1O. The van der Waals surface area contributed by atoms with Crippen molar-refractivity contribution >= 4 is 34.3 Å². The molecule has 5 rings (SSSR count). The van der Waals surface area contributed by atoms with Gasteiger partial charge >= 0.3 is 0 Å². The highest BCUT2D eigenvalue weighted by atomic mass is 16.5. The van der Waals surface area contributed by atoms with Crippen LogP contribution in [0.15, 0.2) is 54.7 Å². The Bertz CT molecular complexity index is 1440. The third-order valence-electron chi connectivity index (χ3n) is 5.30. The second-order valence-corrected chi connectivity index (χ2v) is 7.11. The maximum Gasteiger partial charge on any atom is 0.256 e. The Balaban J connectivity index is 1.55. The summed E-state index contributed by atoms with van der Waals surface area (Å²) in [5.74, 6) is 0.266. The van der Waals surface area contributed by atoms with Gasteiger partial charge in [0.1, 0.15) is 17.4 Å². The molecular weight excluding hydrogens is 392 g/mol. The first kappa shape index (κ1) is 18.5. The van der Waals surface area contributed by atoms with Crippen molar-refractivity contribution in [3.8, 4) is 28.7 Å². The van der Waals surface area contributed by atoms with Gasteiger partial charge in [-0.05, 0) is 47.5 Å². The number of hydrogen-bond acceptors (Lipinski definition) is 5. The molecule has 1 aliphatic rings. The highest BCUT2D eigenvalue weighted by molar-refractivity contribution is 6.35. The van der Waals surface area contributed by atoms with Crippen LogP contribution in [0.25, 0.3) is 33.8 Å². The molecule has 3 heterocycles. The minimum Gasteiger partial charge on any atom is -0.504 e. The van der Waals surface area contributed by atoms with E-state index in [9.17, 15) is 9.90 Å². The van der Waals surface area contributed by atoms with Crippen molar-refractivity contribution in [3.05, 3.63) is 71.5 Å². The Kier molecular flexibility index (Phi) is 4.19. The number of phenols is 1. The van der Waals surface area contributed by atoms with Crippen molar-refractivity contribution in [1.29, 1.82) is 5.26 Å². The third-order valence-corrected chi connectivity index (χ3v) is 5.30. The van der Waals surface area contributed by atoms with Crippen molar-refractivity contribution in [2.45, 2.75) is 0 Å². The summed E-state index contributed by atoms with van der Waals surface area (Å²) in [7, 11) is 1.50. The van der Waals surface area contributed by atoms with Gasteiger partial charge < -0.3 is 20.1 Å². The van der Waals surface area contributed by atoms with Gasteiger partial charge in [-0.2, -0.15) is 5.26 Å². The van der Waals surface area contributed by atoms with E-state index in [1.165, 1.54) is 7.11 Å². The summed E-state index contributed by atoms with van der Waals surface area (Å²) < 4.78 is 5.19. The van der Waals surface area contributed by atoms with E-state index < -0.39 is 0 Å². The molecule has 0 radical (unpaired) electrons. The zero-order chi connectivity index (χ0) is 21.5. The second-order valence-electron chi connectivity index (χ2n) is 7.11. The molecule has 4 aromatic rings. The first-order valence-electron chi connectivity index (χ1n) is 9.50. The lowest BCUT2D eigenvalue weighted by Crippen LogP contribution is -2.03. The van der Waals surface area contributed by atoms with Gasteiger partial charge in [-0.25, -0.2) is 4.98 Å². The number of ether oxygens (including phenoxy) is 1. The van der Waals surface area contributed by atoms with Crippen LogP contribution in [0, 0.1) is 11.3 Å². The second kappa shape index (κ2) is 7.04. The van der Waals surface area contributed by atoms with E-state index in [2.05, 4.69) is 15.3 Å². The monoisotopic (exact) mass is 408 g/mol. The number of nitrogens with one attached hydrogen (secondary N) is 2. The zero-order valence-electron chi connectivity index (χ0n) is 16.4. The summed E-state index contributed by atoms with van der Waals surface area (Å²) in [4.78, 5) is 20.0. The Morgan fingerprint density at radius 2 is 1.94 bits per heavy atom. The van der Waals surface area contributed by atoms with E-state index in [1.807, 2.05) is 36.4 Å². The molecular formula is C24H16N4O3. The fourth-order valence-corrected chi connectivity index (χ4v) is 3.74. The molecule has 0 unspecified atom stereocenters. The van der Waals surface area contributed by atoms with Gasteiger partial charge in [0.05, 0.1) is 7.11 Å². The summed E-state index contributed by atoms with van der Waals surface area (Å²) in [6, 6.07) is 16.3. The van der Waals surface area contributed by atoms with E-state index in [-0.39, 0.29) is 11.7 Å². The molecule has 150 valence electrons. The van der Waals surface area contributed by atoms with Gasteiger partial charge in [-0.1, -0.05) is 18.2 Å². The van der Waals surface area contributed by atoms with Crippen molar-refractivity contribution in [2.24, 2.45) is 0 Å². The number of fused-ring (bicyclic) bond motifs is 2. The molecule has 3 N–H and O–H groups in total. The number of methoxy groups -OCH3 is 1. The Labute approximate surface area is 177 Å². The number of carbonyl (C=O) groups excluding carboxylic acids is 1. The third kappa shape index (κ3) is 3.07. The number of hydrogen-bond donors (Lipinski definition) is 3. The average molecular weight is 408 g/mol. The van der Waals surface area contributed by atoms with E-state index in [4.69, 9.17) is 10.00 Å². The first-order chi connectivity index (χ1) is 15.1. The fourth-order valence-electron chi connectivity index (χ4n) is 3.74. The number of aromatic amines is 1. The van der Waals surface area contributed by atoms with Crippen LogP contribution < -0.4 is 10.1 Å². The highest BCUT2D eigenvalue weighted by Gasteiger charge is 2.25. The first-order valence-corrected chi connectivity index (χ1v) is 9.50. The van der Waals surface area contributed by atoms with Crippen LogP contribution in [0.1, 0.15) is 16.8 Å². The Hall–Kier alpha value is -4.57. The largest absolute Gasteiger partial charge is 0.504 e. The summed E-state index contributed by atoms with van der Waals surface area (Å²) in [5.41, 5.74) is 5.56. The number of carbonyl (C=O) groups is 1. The molecule has 31 heavy (non-hydrogen) atoms. The quantitative estimate of drug-likeness (QED) is 0.438. The Morgan fingerprint density at radius 1 is 1.13 bits per heavy atom. The molecule has 1 amide bonds. The predicted molar refractivity (Wildman–Crippen MR) is 117 cm³/mol. The van der Waals surface area contributed by atoms with Gasteiger partial charge in [0.25, 0.3) is 5.91 Å². The molecule has 1 aliphatic heterocycles. The fraction of sp³-hybridized carbons (Fsp3) is 0.0417. The maximum atomic E-state index is 12.7. The average Bonchev–Trinajstić information content (AvgIpc) is 3.33. The van der Waals surface area contributed by atoms with Crippen molar-refractivity contribution < 1.29 is 14.6 Å². The van der Waals surface area contributed by atoms with E-state index in [1.54, 1.807) is 30.5 Å². The van der Waals surface area contributed by atoms with Crippen LogP contribution >= 0.6 is 0 Å². The number of nitriles is 1. The summed E-state index contributed by atoms with van der Waals surface area (Å²) in [5, 5.41) is 22.6. The number of pyridine rings is 1. The molecule has 7 heteroatoms. The lowest BCUT2D eigenvalue weighted by atomic mass is 9.99. The number of aromatic nitrogens is 2. The van der Waals surface area contributed by atoms with Gasteiger partial charge in [0.15, 0.2) is 11.5 Å². The molecule has 0 fully saturated rings. The topological polar surface area (TPSA) is 111 Å². The molecule has 2 aromatic carbocycles. The van der Waals surface area contributed by atoms with Crippen LogP contribution in [0.4, 0.5) is 5.69 Å². The van der Waals surface area contributed by atoms with Gasteiger partial charge in [0, 0.05) is 34.0 Å². The van der Waals surface area contributed by atoms with Crippen molar-refractivity contribution in [1.82, 2.24) is 9.97 Å². The van der Waals surface area contributed by atoms with Gasteiger partial charge in [0.2, 0.25) is 0 Å². The summed E-state index contributed by atoms with van der Waals surface area (Å²) in [6.07, 6.45) is 3.59. The minimum atomic E-state index is -0.189. The number of amides is 1. The smallest absolute Gasteiger partial charge is 0.256 e. The molecule has 0 atom stereocenters. The van der Waals surface area contributed by atoms with Crippen molar-refractivity contribution in [3.63, 3.8) is 0 Å². The maximum absolute atomic E-state index is 12.7. The molecule has 0 saturated carbocycles. The lowest BCUT2D eigenvalue weighted by Gasteiger charge is -2.08. The molecule has 2 aromatic heterocycles. The normalized spacial score (nSPS) is 13.8. The number of H-pyrrole nitrogens is 1. The van der Waals surface area contributed by atoms with Crippen LogP contribution in [-0.4, -0.2) is 28.1 Å². The molecule has 0 saturated heterocycles. The van der Waals surface area contributed by atoms with E-state index in [0.29, 0.717) is 28.4 Å². The zero-order valence-corrected chi connectivity index (χ0v) is 16.4. The number of rotatable bonds is 3. The minimum absolute atomic E-state index is 0.0704. The van der Waals surface area contributed by atoms with Crippen LogP contribution in [0.3, 0.4) is 0 Å². The summed E-state index contributed by atoms with van der Waals surface area (Å²) in [6.45, 7) is 0. The number of aromatic hydroxyl groups is 1. The lowest BCUT2D eigenvalue weighted by molar-refractivity contribution is -0.110. The molecule has 0 aliphatic carbocycles. The number of phenolic OH excluding ortho intramolecular Hbond substituents is 1. The van der Waals surface area contributed by atoms with Crippen LogP contribution in [0.2, 0.25) is 0 Å². The predicted octanol–water partition coefficient (Wildman–Crippen LogP) is 4.31. The van der Waals surface area contributed by atoms with E-state index >= 15 is 0 Å². The van der Waals surface area contributed by atoms with Crippen molar-refractivity contribution in [2.75, 3.05) is 12.4 Å². The number of nitrogens with zero attached hydrogens (tertiary/aromatic N) is 2. The number of benzene rings is 2. The van der Waals surface area contributed by atoms with Gasteiger partial charge in [-0.3, -0.25) is 4.79 Å².